The normalized spacial score (nSPS) is 10.7. The van der Waals surface area contributed by atoms with Crippen LogP contribution in [0.15, 0.2) is 27.9 Å². The summed E-state index contributed by atoms with van der Waals surface area (Å²) in [6.07, 6.45) is 0.972. The number of nitrogen functional groups attached to an aromatic ring is 1. The van der Waals surface area contributed by atoms with Gasteiger partial charge in [-0.25, -0.2) is 8.42 Å². The topological polar surface area (TPSA) is 150 Å². The predicted octanol–water partition coefficient (Wildman–Crippen LogP) is 0.780. The average molecular weight is 344 g/mol. The Morgan fingerprint density at radius 3 is 2.33 bits per heavy atom. The fourth-order valence-electron chi connectivity index (χ4n) is 2.26. The second-order valence-electron chi connectivity index (χ2n) is 4.85. The molecule has 8 nitrogen and oxygen atoms in total. The molecule has 0 fully saturated rings. The van der Waals surface area contributed by atoms with E-state index in [4.69, 9.17) is 10.5 Å². The van der Waals surface area contributed by atoms with Gasteiger partial charge < -0.3 is 15.5 Å². The number of methoxy groups -OCH3 is 1. The lowest BCUT2D eigenvalue weighted by Crippen LogP contribution is -2.17. The number of nitrogens with two attached hydrogens (primary N) is 1. The number of aromatic amines is 1. The first-order chi connectivity index (χ1) is 11.2. The Kier molecular flexibility index (Phi) is 4.31. The van der Waals surface area contributed by atoms with Crippen LogP contribution in [-0.4, -0.2) is 26.8 Å². The minimum atomic E-state index is -3.74. The molecule has 0 amide bonds. The fraction of sp³-hybridized carbons (Fsp3) is 0.133. The van der Waals surface area contributed by atoms with Crippen molar-refractivity contribution in [3.8, 4) is 29.0 Å². The zero-order valence-electron chi connectivity index (χ0n) is 12.7. The molecule has 2 rings (SSSR count). The molecule has 0 spiro atoms. The number of nitrogens with zero attached hydrogens (tertiary/aromatic N) is 2. The third-order valence-electron chi connectivity index (χ3n) is 3.33. The van der Waals surface area contributed by atoms with Crippen molar-refractivity contribution >= 4 is 15.7 Å². The lowest BCUT2D eigenvalue weighted by atomic mass is 9.96. The number of nitriles is 2. The Hall–Kier alpha value is -3.30. The summed E-state index contributed by atoms with van der Waals surface area (Å²) in [4.78, 5) is 14.0. The first kappa shape index (κ1) is 17.1. The van der Waals surface area contributed by atoms with Crippen LogP contribution in [-0.2, 0) is 9.84 Å². The zero-order chi connectivity index (χ0) is 18.1. The van der Waals surface area contributed by atoms with E-state index >= 15 is 0 Å². The van der Waals surface area contributed by atoms with Gasteiger partial charge in [-0.3, -0.25) is 4.79 Å². The van der Waals surface area contributed by atoms with E-state index in [2.05, 4.69) is 4.98 Å². The highest BCUT2D eigenvalue weighted by Crippen LogP contribution is 2.35. The van der Waals surface area contributed by atoms with Gasteiger partial charge in [-0.1, -0.05) is 0 Å². The number of H-pyrrole nitrogens is 1. The van der Waals surface area contributed by atoms with Gasteiger partial charge in [0, 0.05) is 17.4 Å². The minimum absolute atomic E-state index is 0.0317. The Balaban J connectivity index is 3.07. The predicted molar refractivity (Wildman–Crippen MR) is 86.0 cm³/mol. The first-order valence-electron chi connectivity index (χ1n) is 6.49. The van der Waals surface area contributed by atoms with Gasteiger partial charge in [0.15, 0.2) is 9.84 Å². The Labute approximate surface area is 137 Å². The van der Waals surface area contributed by atoms with E-state index in [-0.39, 0.29) is 33.2 Å². The van der Waals surface area contributed by atoms with Gasteiger partial charge in [0.2, 0.25) is 0 Å². The van der Waals surface area contributed by atoms with Crippen molar-refractivity contribution in [1.29, 1.82) is 10.5 Å². The fourth-order valence-corrected chi connectivity index (χ4v) is 3.16. The van der Waals surface area contributed by atoms with Gasteiger partial charge in [-0.2, -0.15) is 10.5 Å². The van der Waals surface area contributed by atoms with Crippen LogP contribution in [0.2, 0.25) is 0 Å². The van der Waals surface area contributed by atoms with E-state index in [9.17, 15) is 23.7 Å². The lowest BCUT2D eigenvalue weighted by molar-refractivity contribution is 0.413. The number of hydrogen-bond acceptors (Lipinski definition) is 7. The molecule has 1 aromatic carbocycles. The summed E-state index contributed by atoms with van der Waals surface area (Å²) in [5.41, 5.74) is 4.18. The summed E-state index contributed by atoms with van der Waals surface area (Å²) in [7, 11) is -2.37. The number of hydrogen-bond donors (Lipinski definition) is 2. The number of nitrogens with one attached hydrogen (secondary N) is 1. The summed E-state index contributed by atoms with van der Waals surface area (Å²) in [5, 5.41) is 18.6. The smallest absolute Gasteiger partial charge is 0.268 e. The standard InChI is InChI=1S/C15H12N4O4S/c1-23-8-3-4-9(12(5-8)24(2,21)22)13-10(6-16)14(18)19-15(20)11(13)7-17/h3-5H,1-2H3,(H3,18,19,20). The molecule has 2 aromatic rings. The number of rotatable bonds is 3. The third-order valence-corrected chi connectivity index (χ3v) is 4.46. The van der Waals surface area contributed by atoms with E-state index in [1.54, 1.807) is 12.1 Å². The van der Waals surface area contributed by atoms with Crippen molar-refractivity contribution in [2.24, 2.45) is 0 Å². The van der Waals surface area contributed by atoms with E-state index in [1.807, 2.05) is 0 Å². The van der Waals surface area contributed by atoms with Crippen LogP contribution in [0.3, 0.4) is 0 Å². The molecule has 0 saturated carbocycles. The molecule has 9 heteroatoms. The number of aromatic nitrogens is 1. The molecule has 1 heterocycles. The van der Waals surface area contributed by atoms with Gasteiger partial charge >= 0.3 is 0 Å². The molecule has 0 radical (unpaired) electrons. The minimum Gasteiger partial charge on any atom is -0.497 e. The van der Waals surface area contributed by atoms with Crippen LogP contribution in [0.1, 0.15) is 11.1 Å². The highest BCUT2D eigenvalue weighted by Gasteiger charge is 2.24. The third kappa shape index (κ3) is 2.81. The summed E-state index contributed by atoms with van der Waals surface area (Å²) in [6.45, 7) is 0. The second-order valence-corrected chi connectivity index (χ2v) is 6.83. The van der Waals surface area contributed by atoms with Gasteiger partial charge in [0.1, 0.15) is 34.8 Å². The highest BCUT2D eigenvalue weighted by atomic mass is 32.2. The number of ether oxygens (including phenoxy) is 1. The molecule has 1 aromatic heterocycles. The van der Waals surface area contributed by atoms with Crippen molar-refractivity contribution in [2.75, 3.05) is 19.1 Å². The molecule has 0 aliphatic rings. The SMILES string of the molecule is COc1ccc(-c2c(C#N)c(N)[nH]c(=O)c2C#N)c(S(C)(=O)=O)c1. The van der Waals surface area contributed by atoms with Crippen molar-refractivity contribution in [3.05, 3.63) is 39.7 Å². The average Bonchev–Trinajstić information content (AvgIpc) is 2.52. The molecule has 0 unspecified atom stereocenters. The molecule has 24 heavy (non-hydrogen) atoms. The van der Waals surface area contributed by atoms with Crippen molar-refractivity contribution < 1.29 is 13.2 Å². The van der Waals surface area contributed by atoms with Crippen LogP contribution in [0.25, 0.3) is 11.1 Å². The molecule has 122 valence electrons. The van der Waals surface area contributed by atoms with Crippen molar-refractivity contribution in [1.82, 2.24) is 4.98 Å². The maximum absolute atomic E-state index is 12.1. The first-order valence-corrected chi connectivity index (χ1v) is 8.38. The van der Waals surface area contributed by atoms with Crippen LogP contribution in [0, 0.1) is 22.7 Å². The maximum Gasteiger partial charge on any atom is 0.268 e. The van der Waals surface area contributed by atoms with Gasteiger partial charge in [0.05, 0.1) is 12.0 Å². The number of anilines is 1. The van der Waals surface area contributed by atoms with Crippen LogP contribution in [0.5, 0.6) is 5.75 Å². The van der Waals surface area contributed by atoms with E-state index in [1.165, 1.54) is 25.3 Å². The van der Waals surface area contributed by atoms with Crippen LogP contribution in [0.4, 0.5) is 5.82 Å². The lowest BCUT2D eigenvalue weighted by Gasteiger charge is -2.13. The van der Waals surface area contributed by atoms with E-state index < -0.39 is 21.0 Å². The molecule has 0 bridgehead atoms. The number of sulfone groups is 1. The number of pyridine rings is 1. The molecular formula is C15H12N4O4S. The van der Waals surface area contributed by atoms with Crippen LogP contribution < -0.4 is 16.0 Å². The van der Waals surface area contributed by atoms with Crippen LogP contribution >= 0.6 is 0 Å². The Morgan fingerprint density at radius 1 is 1.21 bits per heavy atom. The maximum atomic E-state index is 12.1. The molecule has 0 aliphatic heterocycles. The molecule has 0 aliphatic carbocycles. The van der Waals surface area contributed by atoms with Gasteiger partial charge in [-0.15, -0.1) is 0 Å². The van der Waals surface area contributed by atoms with E-state index in [0.29, 0.717) is 0 Å². The quantitative estimate of drug-likeness (QED) is 0.835. The number of benzene rings is 1. The van der Waals surface area contributed by atoms with E-state index in [0.717, 1.165) is 6.26 Å². The zero-order valence-corrected chi connectivity index (χ0v) is 13.6. The highest BCUT2D eigenvalue weighted by molar-refractivity contribution is 7.90. The van der Waals surface area contributed by atoms with Crippen molar-refractivity contribution in [2.45, 2.75) is 4.90 Å². The largest absolute Gasteiger partial charge is 0.497 e. The summed E-state index contributed by atoms with van der Waals surface area (Å²) in [6, 6.07) is 7.58. The molecule has 3 N–H and O–H groups in total. The molecular weight excluding hydrogens is 332 g/mol. The van der Waals surface area contributed by atoms with Crippen molar-refractivity contribution in [3.63, 3.8) is 0 Å². The summed E-state index contributed by atoms with van der Waals surface area (Å²) >= 11 is 0. The summed E-state index contributed by atoms with van der Waals surface area (Å²) in [5.74, 6) is 0.0285. The summed E-state index contributed by atoms with van der Waals surface area (Å²) < 4.78 is 29.3. The second kappa shape index (κ2) is 6.07. The van der Waals surface area contributed by atoms with Gasteiger partial charge in [-0.05, 0) is 18.2 Å². The molecule has 0 atom stereocenters. The van der Waals surface area contributed by atoms with Gasteiger partial charge in [0.25, 0.3) is 5.56 Å². The Morgan fingerprint density at radius 2 is 1.83 bits per heavy atom. The monoisotopic (exact) mass is 344 g/mol. The molecule has 0 saturated heterocycles. The Bertz CT molecular complexity index is 1070.